The Morgan fingerprint density at radius 1 is 0.800 bits per heavy atom. The molecule has 3 aliphatic carbocycles. The van der Waals surface area contributed by atoms with Crippen molar-refractivity contribution < 1.29 is 0 Å². The first-order valence-corrected chi connectivity index (χ1v) is 4.28. The van der Waals surface area contributed by atoms with Crippen LogP contribution in [0.3, 0.4) is 0 Å². The molecule has 2 bridgehead atoms. The Morgan fingerprint density at radius 3 is 1.40 bits per heavy atom. The molecule has 0 aromatic heterocycles. The predicted molar refractivity (Wildman–Crippen MR) is 41.4 cm³/mol. The van der Waals surface area contributed by atoms with E-state index in [4.69, 9.17) is 11.5 Å². The largest absolute Gasteiger partial charge is 0.327 e. The third-order valence-electron chi connectivity index (χ3n) is 3.27. The van der Waals surface area contributed by atoms with Crippen LogP contribution in [-0.2, 0) is 0 Å². The van der Waals surface area contributed by atoms with Gasteiger partial charge in [0.1, 0.15) is 0 Å². The monoisotopic (exact) mass is 140 g/mol. The first-order chi connectivity index (χ1) is 4.77. The standard InChI is InChI=1S/C8H16N2/c9-7-4-6-2-1-5(7)3-8(6)10/h5-8H,1-4,9-10H2/t5?,6?,7-,8-/m1/s1. The molecule has 0 amide bonds. The van der Waals surface area contributed by atoms with Gasteiger partial charge in [-0.2, -0.15) is 0 Å². The molecule has 4 atom stereocenters. The minimum absolute atomic E-state index is 0.471. The minimum atomic E-state index is 0.471. The highest BCUT2D eigenvalue weighted by Gasteiger charge is 2.38. The van der Waals surface area contributed by atoms with Crippen molar-refractivity contribution in [2.75, 3.05) is 0 Å². The summed E-state index contributed by atoms with van der Waals surface area (Å²) in [7, 11) is 0. The van der Waals surface area contributed by atoms with E-state index in [-0.39, 0.29) is 0 Å². The maximum Gasteiger partial charge on any atom is 0.00709 e. The van der Waals surface area contributed by atoms with Crippen molar-refractivity contribution in [1.29, 1.82) is 0 Å². The maximum atomic E-state index is 5.93. The summed E-state index contributed by atoms with van der Waals surface area (Å²) in [6, 6.07) is 0.942. The fourth-order valence-electron chi connectivity index (χ4n) is 2.53. The second-order valence-electron chi connectivity index (χ2n) is 3.90. The second kappa shape index (κ2) is 2.21. The Bertz CT molecular complexity index is 119. The van der Waals surface area contributed by atoms with Gasteiger partial charge in [0.05, 0.1) is 0 Å². The second-order valence-corrected chi connectivity index (χ2v) is 3.90. The van der Waals surface area contributed by atoms with Crippen LogP contribution in [-0.4, -0.2) is 12.1 Å². The molecule has 2 unspecified atom stereocenters. The van der Waals surface area contributed by atoms with E-state index in [1.807, 2.05) is 0 Å². The summed E-state index contributed by atoms with van der Waals surface area (Å²) in [5, 5.41) is 0. The number of hydrogen-bond acceptors (Lipinski definition) is 2. The highest BCUT2D eigenvalue weighted by atomic mass is 14.8. The predicted octanol–water partition coefficient (Wildman–Crippen LogP) is 0.461. The van der Waals surface area contributed by atoms with Crippen LogP contribution in [0.25, 0.3) is 0 Å². The van der Waals surface area contributed by atoms with Gasteiger partial charge in [0.2, 0.25) is 0 Å². The van der Waals surface area contributed by atoms with E-state index in [1.54, 1.807) is 0 Å². The van der Waals surface area contributed by atoms with Gasteiger partial charge in [-0.25, -0.2) is 0 Å². The molecule has 3 fully saturated rings. The van der Waals surface area contributed by atoms with E-state index < -0.39 is 0 Å². The molecule has 58 valence electrons. The maximum absolute atomic E-state index is 5.93. The highest BCUT2D eigenvalue weighted by Crippen LogP contribution is 2.39. The summed E-state index contributed by atoms with van der Waals surface area (Å²) < 4.78 is 0. The molecule has 3 rings (SSSR count). The van der Waals surface area contributed by atoms with Crippen LogP contribution in [0.2, 0.25) is 0 Å². The molecule has 10 heavy (non-hydrogen) atoms. The average molecular weight is 140 g/mol. The van der Waals surface area contributed by atoms with Crippen LogP contribution in [0.4, 0.5) is 0 Å². The molecule has 0 heterocycles. The first kappa shape index (κ1) is 6.62. The summed E-state index contributed by atoms with van der Waals surface area (Å²) in [5.74, 6) is 1.50. The summed E-state index contributed by atoms with van der Waals surface area (Å²) in [6.45, 7) is 0. The molecular weight excluding hydrogens is 124 g/mol. The summed E-state index contributed by atoms with van der Waals surface area (Å²) in [5.41, 5.74) is 11.9. The number of nitrogens with two attached hydrogens (primary N) is 2. The average Bonchev–Trinajstić information content (AvgIpc) is 1.91. The zero-order chi connectivity index (χ0) is 7.14. The van der Waals surface area contributed by atoms with E-state index in [0.29, 0.717) is 12.1 Å². The van der Waals surface area contributed by atoms with Crippen LogP contribution in [0.15, 0.2) is 0 Å². The smallest absolute Gasteiger partial charge is 0.00709 e. The molecule has 3 saturated carbocycles. The molecule has 4 N–H and O–H groups in total. The lowest BCUT2D eigenvalue weighted by Gasteiger charge is -2.44. The van der Waals surface area contributed by atoms with E-state index >= 15 is 0 Å². The molecule has 2 heteroatoms. The van der Waals surface area contributed by atoms with Crippen molar-refractivity contribution in [2.24, 2.45) is 23.3 Å². The van der Waals surface area contributed by atoms with Crippen molar-refractivity contribution in [3.63, 3.8) is 0 Å². The van der Waals surface area contributed by atoms with Gasteiger partial charge in [-0.3, -0.25) is 0 Å². The molecule has 0 aromatic carbocycles. The van der Waals surface area contributed by atoms with Gasteiger partial charge in [-0.05, 0) is 37.5 Å². The van der Waals surface area contributed by atoms with Crippen LogP contribution in [0.1, 0.15) is 25.7 Å². The van der Waals surface area contributed by atoms with Crippen molar-refractivity contribution in [3.05, 3.63) is 0 Å². The zero-order valence-electron chi connectivity index (χ0n) is 6.29. The van der Waals surface area contributed by atoms with Crippen molar-refractivity contribution >= 4 is 0 Å². The van der Waals surface area contributed by atoms with E-state index in [0.717, 1.165) is 11.8 Å². The summed E-state index contributed by atoms with van der Waals surface area (Å²) >= 11 is 0. The lowest BCUT2D eigenvalue weighted by atomic mass is 9.66. The van der Waals surface area contributed by atoms with Crippen molar-refractivity contribution in [3.8, 4) is 0 Å². The van der Waals surface area contributed by atoms with Crippen molar-refractivity contribution in [2.45, 2.75) is 37.8 Å². The lowest BCUT2D eigenvalue weighted by Crippen LogP contribution is -2.50. The molecule has 2 nitrogen and oxygen atoms in total. The van der Waals surface area contributed by atoms with Crippen LogP contribution < -0.4 is 11.5 Å². The van der Waals surface area contributed by atoms with E-state index in [9.17, 15) is 0 Å². The van der Waals surface area contributed by atoms with Gasteiger partial charge in [0.25, 0.3) is 0 Å². The Balaban J connectivity index is 2.09. The molecule has 0 aliphatic heterocycles. The fourth-order valence-corrected chi connectivity index (χ4v) is 2.53. The zero-order valence-corrected chi connectivity index (χ0v) is 6.29. The Kier molecular flexibility index (Phi) is 1.46. The SMILES string of the molecule is N[C@@H]1CC2CCC1C[C@H]2N. The first-order valence-electron chi connectivity index (χ1n) is 4.28. The summed E-state index contributed by atoms with van der Waals surface area (Å²) in [4.78, 5) is 0. The van der Waals surface area contributed by atoms with Crippen LogP contribution >= 0.6 is 0 Å². The Morgan fingerprint density at radius 2 is 1.20 bits per heavy atom. The number of hydrogen-bond donors (Lipinski definition) is 2. The number of fused-ring (bicyclic) bond motifs is 3. The Hall–Kier alpha value is -0.0800. The van der Waals surface area contributed by atoms with E-state index in [1.165, 1.54) is 25.7 Å². The number of rotatable bonds is 0. The quantitative estimate of drug-likeness (QED) is 0.513. The topological polar surface area (TPSA) is 52.0 Å². The van der Waals surface area contributed by atoms with E-state index in [2.05, 4.69) is 0 Å². The molecular formula is C8H16N2. The highest BCUT2D eigenvalue weighted by molar-refractivity contribution is 4.94. The van der Waals surface area contributed by atoms with Gasteiger partial charge in [-0.1, -0.05) is 0 Å². The van der Waals surface area contributed by atoms with Crippen LogP contribution in [0.5, 0.6) is 0 Å². The molecule has 0 radical (unpaired) electrons. The van der Waals surface area contributed by atoms with Gasteiger partial charge < -0.3 is 11.5 Å². The fraction of sp³-hybridized carbons (Fsp3) is 1.00. The van der Waals surface area contributed by atoms with Gasteiger partial charge in [0, 0.05) is 12.1 Å². The van der Waals surface area contributed by atoms with Gasteiger partial charge in [0.15, 0.2) is 0 Å². The van der Waals surface area contributed by atoms with Gasteiger partial charge in [-0.15, -0.1) is 0 Å². The Labute approximate surface area is 62.0 Å². The summed E-state index contributed by atoms with van der Waals surface area (Å²) in [6.07, 6.45) is 5.04. The molecule has 3 aliphatic rings. The third kappa shape index (κ3) is 0.867. The molecule has 0 spiro atoms. The van der Waals surface area contributed by atoms with Crippen LogP contribution in [0, 0.1) is 11.8 Å². The normalized spacial score (nSPS) is 53.4. The molecule has 0 aromatic rings. The molecule has 0 saturated heterocycles. The lowest BCUT2D eigenvalue weighted by molar-refractivity contribution is 0.122. The minimum Gasteiger partial charge on any atom is -0.327 e. The van der Waals surface area contributed by atoms with Gasteiger partial charge >= 0.3 is 0 Å². The van der Waals surface area contributed by atoms with Crippen molar-refractivity contribution in [1.82, 2.24) is 0 Å². The third-order valence-corrected chi connectivity index (χ3v) is 3.27.